The molecule has 0 saturated heterocycles. The van der Waals surface area contributed by atoms with Crippen LogP contribution in [0.25, 0.3) is 0 Å². The molecule has 0 radical (unpaired) electrons. The average Bonchev–Trinajstić information content (AvgIpc) is 2.61. The molecule has 2 heterocycles. The van der Waals surface area contributed by atoms with E-state index in [-0.39, 0.29) is 6.10 Å². The largest absolute Gasteiger partial charge is 0.393 e. The highest BCUT2D eigenvalue weighted by Gasteiger charge is 2.41. The average molecular weight is 244 g/mol. The van der Waals surface area contributed by atoms with E-state index in [1.807, 2.05) is 0 Å². The van der Waals surface area contributed by atoms with E-state index in [2.05, 4.69) is 28.4 Å². The highest BCUT2D eigenvalue weighted by Crippen LogP contribution is 2.48. The normalized spacial score (nSPS) is 33.8. The Morgan fingerprint density at radius 2 is 2.22 bits per heavy atom. The molecule has 1 aromatic rings. The Morgan fingerprint density at radius 1 is 1.28 bits per heavy atom. The fraction of sp³-hybridized carbons (Fsp3) is 0.600. The predicted molar refractivity (Wildman–Crippen MR) is 71.8 cm³/mol. The Hall–Kier alpha value is -1.06. The summed E-state index contributed by atoms with van der Waals surface area (Å²) in [5, 5.41) is 13.5. The Labute approximate surface area is 108 Å². The second-order valence-electron chi connectivity index (χ2n) is 5.97. The van der Waals surface area contributed by atoms with Gasteiger partial charge in [0.15, 0.2) is 0 Å². The molecule has 1 saturated carbocycles. The van der Waals surface area contributed by atoms with Gasteiger partial charge in [0.2, 0.25) is 0 Å². The summed E-state index contributed by atoms with van der Waals surface area (Å²) < 4.78 is 0. The van der Waals surface area contributed by atoms with Crippen LogP contribution in [-0.2, 0) is 6.54 Å². The van der Waals surface area contributed by atoms with Gasteiger partial charge < -0.3 is 15.3 Å². The van der Waals surface area contributed by atoms with Gasteiger partial charge >= 0.3 is 0 Å². The van der Waals surface area contributed by atoms with Gasteiger partial charge in [-0.3, -0.25) is 0 Å². The second kappa shape index (κ2) is 3.97. The molecule has 1 aromatic carbocycles. The van der Waals surface area contributed by atoms with Gasteiger partial charge in [0, 0.05) is 31.9 Å². The SMILES string of the molecule is OC1C[C@H]2CN3CCNCc4cccc(c43)[C@H]2C1. The van der Waals surface area contributed by atoms with Crippen molar-refractivity contribution in [3.05, 3.63) is 29.3 Å². The van der Waals surface area contributed by atoms with Crippen molar-refractivity contribution >= 4 is 5.69 Å². The van der Waals surface area contributed by atoms with Crippen molar-refractivity contribution < 1.29 is 5.11 Å². The first-order chi connectivity index (χ1) is 8.83. The molecule has 96 valence electrons. The molecule has 3 atom stereocenters. The van der Waals surface area contributed by atoms with Crippen molar-refractivity contribution in [3.63, 3.8) is 0 Å². The summed E-state index contributed by atoms with van der Waals surface area (Å²) in [6, 6.07) is 6.72. The summed E-state index contributed by atoms with van der Waals surface area (Å²) in [6.07, 6.45) is 1.86. The number of hydrogen-bond acceptors (Lipinski definition) is 3. The molecular weight excluding hydrogens is 224 g/mol. The maximum absolute atomic E-state index is 9.95. The lowest BCUT2D eigenvalue weighted by Gasteiger charge is -2.38. The number of para-hydroxylation sites is 1. The number of aliphatic hydroxyl groups excluding tert-OH is 1. The lowest BCUT2D eigenvalue weighted by Crippen LogP contribution is -2.38. The minimum absolute atomic E-state index is 0.0856. The Bertz CT molecular complexity index is 474. The maximum Gasteiger partial charge on any atom is 0.0549 e. The minimum atomic E-state index is -0.0856. The Balaban J connectivity index is 1.84. The zero-order valence-corrected chi connectivity index (χ0v) is 10.6. The Kier molecular flexibility index (Phi) is 2.39. The van der Waals surface area contributed by atoms with Crippen LogP contribution in [0.5, 0.6) is 0 Å². The van der Waals surface area contributed by atoms with Crippen LogP contribution >= 0.6 is 0 Å². The highest BCUT2D eigenvalue weighted by atomic mass is 16.3. The van der Waals surface area contributed by atoms with Gasteiger partial charge in [-0.2, -0.15) is 0 Å². The summed E-state index contributed by atoms with van der Waals surface area (Å²) in [5.41, 5.74) is 4.40. The smallest absolute Gasteiger partial charge is 0.0549 e. The molecule has 3 aliphatic rings. The molecule has 3 nitrogen and oxygen atoms in total. The van der Waals surface area contributed by atoms with Crippen molar-refractivity contribution in [1.82, 2.24) is 5.32 Å². The number of nitrogens with zero attached hydrogens (tertiary/aromatic N) is 1. The first-order valence-corrected chi connectivity index (χ1v) is 7.08. The quantitative estimate of drug-likeness (QED) is 0.725. The van der Waals surface area contributed by atoms with Gasteiger partial charge in [-0.1, -0.05) is 18.2 Å². The molecule has 0 aromatic heterocycles. The topological polar surface area (TPSA) is 35.5 Å². The van der Waals surface area contributed by atoms with Crippen LogP contribution in [0.1, 0.15) is 29.9 Å². The van der Waals surface area contributed by atoms with E-state index in [1.165, 1.54) is 16.8 Å². The van der Waals surface area contributed by atoms with Crippen molar-refractivity contribution in [2.45, 2.75) is 31.4 Å². The molecule has 0 amide bonds. The van der Waals surface area contributed by atoms with Crippen molar-refractivity contribution in [2.24, 2.45) is 5.92 Å². The summed E-state index contributed by atoms with van der Waals surface area (Å²) in [5.74, 6) is 1.24. The third-order valence-corrected chi connectivity index (χ3v) is 4.87. The summed E-state index contributed by atoms with van der Waals surface area (Å²) in [7, 11) is 0. The number of anilines is 1. The molecular formula is C15H20N2O. The molecule has 0 bridgehead atoms. The van der Waals surface area contributed by atoms with E-state index in [9.17, 15) is 5.11 Å². The van der Waals surface area contributed by atoms with Crippen LogP contribution in [0, 0.1) is 5.92 Å². The lowest BCUT2D eigenvalue weighted by molar-refractivity contribution is 0.177. The first-order valence-electron chi connectivity index (χ1n) is 7.08. The Morgan fingerprint density at radius 3 is 3.17 bits per heavy atom. The molecule has 1 fully saturated rings. The monoisotopic (exact) mass is 244 g/mol. The van der Waals surface area contributed by atoms with Crippen LogP contribution in [0.15, 0.2) is 18.2 Å². The van der Waals surface area contributed by atoms with E-state index in [0.29, 0.717) is 11.8 Å². The number of benzene rings is 1. The van der Waals surface area contributed by atoms with Crippen LogP contribution in [0.2, 0.25) is 0 Å². The van der Waals surface area contributed by atoms with E-state index in [1.54, 1.807) is 0 Å². The molecule has 2 aliphatic heterocycles. The summed E-state index contributed by atoms with van der Waals surface area (Å²) >= 11 is 0. The maximum atomic E-state index is 9.95. The molecule has 18 heavy (non-hydrogen) atoms. The fourth-order valence-electron chi connectivity index (χ4n) is 4.13. The van der Waals surface area contributed by atoms with Gasteiger partial charge in [-0.25, -0.2) is 0 Å². The van der Waals surface area contributed by atoms with Gasteiger partial charge in [0.1, 0.15) is 0 Å². The van der Waals surface area contributed by atoms with E-state index in [4.69, 9.17) is 0 Å². The zero-order valence-electron chi connectivity index (χ0n) is 10.6. The van der Waals surface area contributed by atoms with Crippen molar-refractivity contribution in [2.75, 3.05) is 24.5 Å². The molecule has 1 unspecified atom stereocenters. The molecule has 4 rings (SSSR count). The third-order valence-electron chi connectivity index (χ3n) is 4.87. The number of fused-ring (bicyclic) bond motifs is 2. The van der Waals surface area contributed by atoms with Gasteiger partial charge in [-0.15, -0.1) is 0 Å². The molecule has 1 aliphatic carbocycles. The van der Waals surface area contributed by atoms with E-state index < -0.39 is 0 Å². The number of hydrogen-bond donors (Lipinski definition) is 2. The van der Waals surface area contributed by atoms with Gasteiger partial charge in [0.25, 0.3) is 0 Å². The number of rotatable bonds is 0. The van der Waals surface area contributed by atoms with Crippen LogP contribution in [0.3, 0.4) is 0 Å². The van der Waals surface area contributed by atoms with Crippen molar-refractivity contribution in [1.29, 1.82) is 0 Å². The number of nitrogens with one attached hydrogen (secondary N) is 1. The van der Waals surface area contributed by atoms with Gasteiger partial charge in [0.05, 0.1) is 6.10 Å². The third kappa shape index (κ3) is 1.50. The molecule has 2 N–H and O–H groups in total. The lowest BCUT2D eigenvalue weighted by atomic mass is 9.82. The van der Waals surface area contributed by atoms with E-state index >= 15 is 0 Å². The van der Waals surface area contributed by atoms with Crippen molar-refractivity contribution in [3.8, 4) is 0 Å². The van der Waals surface area contributed by atoms with Crippen LogP contribution in [0.4, 0.5) is 5.69 Å². The van der Waals surface area contributed by atoms with Gasteiger partial charge in [-0.05, 0) is 35.8 Å². The number of aliphatic hydroxyl groups is 1. The molecule has 0 spiro atoms. The summed E-state index contributed by atoms with van der Waals surface area (Å²) in [4.78, 5) is 2.55. The molecule has 3 heteroatoms. The standard InChI is InChI=1S/C15H20N2O/c18-12-6-11-9-17-5-4-16-8-10-2-1-3-13(15(10)17)14(11)7-12/h1-3,11-12,14,16,18H,4-9H2/t11-,12?,14-/m0/s1. The predicted octanol–water partition coefficient (Wildman–Crippen LogP) is 1.46. The van der Waals surface area contributed by atoms with Crippen LogP contribution < -0.4 is 10.2 Å². The summed E-state index contributed by atoms with van der Waals surface area (Å²) in [6.45, 7) is 4.28. The fourth-order valence-corrected chi connectivity index (χ4v) is 4.13. The van der Waals surface area contributed by atoms with E-state index in [0.717, 1.165) is 39.0 Å². The van der Waals surface area contributed by atoms with Crippen LogP contribution in [-0.4, -0.2) is 30.8 Å². The highest BCUT2D eigenvalue weighted by molar-refractivity contribution is 5.64. The second-order valence-corrected chi connectivity index (χ2v) is 5.97. The zero-order chi connectivity index (χ0) is 12.1. The minimum Gasteiger partial charge on any atom is -0.393 e. The first kappa shape index (κ1) is 10.8.